The lowest BCUT2D eigenvalue weighted by molar-refractivity contribution is 0.396. The molecule has 2 aromatic rings. The van der Waals surface area contributed by atoms with Crippen molar-refractivity contribution in [3.05, 3.63) is 23.8 Å². The highest BCUT2D eigenvalue weighted by Gasteiger charge is 2.08. The summed E-state index contributed by atoms with van der Waals surface area (Å²) in [6, 6.07) is 1.82. The van der Waals surface area contributed by atoms with Crippen LogP contribution in [0.25, 0.3) is 11.4 Å². The summed E-state index contributed by atoms with van der Waals surface area (Å²) in [7, 11) is 0. The van der Waals surface area contributed by atoms with Crippen molar-refractivity contribution >= 4 is 11.6 Å². The van der Waals surface area contributed by atoms with E-state index >= 15 is 0 Å². The molecule has 0 spiro atoms. The molecule has 0 amide bonds. The smallest absolute Gasteiger partial charge is 0.152 e. The normalized spacial score (nSPS) is 10.9. The van der Waals surface area contributed by atoms with Gasteiger partial charge in [0.25, 0.3) is 0 Å². The van der Waals surface area contributed by atoms with E-state index in [2.05, 4.69) is 22.0 Å². The molecule has 2 rings (SSSR count). The van der Waals surface area contributed by atoms with Gasteiger partial charge in [-0.3, -0.25) is 0 Å². The Labute approximate surface area is 99.0 Å². The van der Waals surface area contributed by atoms with E-state index in [1.807, 2.05) is 6.07 Å². The Morgan fingerprint density at radius 3 is 3.06 bits per heavy atom. The van der Waals surface area contributed by atoms with Crippen LogP contribution in [0.2, 0.25) is 0 Å². The maximum absolute atomic E-state index is 5.64. The number of aromatic nitrogens is 3. The van der Waals surface area contributed by atoms with E-state index in [0.717, 1.165) is 36.5 Å². The summed E-state index contributed by atoms with van der Waals surface area (Å²) < 4.78 is 5.03. The van der Waals surface area contributed by atoms with Crippen molar-refractivity contribution in [3.63, 3.8) is 0 Å². The van der Waals surface area contributed by atoms with E-state index < -0.39 is 0 Å². The molecule has 0 aliphatic carbocycles. The van der Waals surface area contributed by atoms with Crippen LogP contribution in [0.4, 0.5) is 0 Å². The summed E-state index contributed by atoms with van der Waals surface area (Å²) in [6.45, 7) is 2.16. The average molecular weight is 240 g/mol. The molecule has 0 saturated heterocycles. The van der Waals surface area contributed by atoms with Crippen molar-refractivity contribution in [3.8, 4) is 11.4 Å². The third-order valence-corrected chi connectivity index (χ3v) is 2.63. The first-order valence-corrected chi connectivity index (χ1v) is 5.92. The Morgan fingerprint density at radius 1 is 1.50 bits per heavy atom. The second-order valence-corrected chi connectivity index (χ2v) is 3.93. The highest BCUT2D eigenvalue weighted by atomic mass is 35.5. The Morgan fingerprint density at radius 2 is 2.38 bits per heavy atom. The van der Waals surface area contributed by atoms with Gasteiger partial charge in [-0.05, 0) is 6.42 Å². The Hall–Kier alpha value is -1.29. The SMILES string of the molecule is CCCCc1ncc(-c2cc(CCl)on2)[nH]1. The molecular formula is C11H14ClN3O. The van der Waals surface area contributed by atoms with E-state index in [1.165, 1.54) is 0 Å². The maximum Gasteiger partial charge on any atom is 0.152 e. The number of imidazole rings is 1. The number of nitrogens with one attached hydrogen (secondary N) is 1. The Bertz CT molecular complexity index is 450. The summed E-state index contributed by atoms with van der Waals surface area (Å²) in [5.41, 5.74) is 1.64. The first-order chi connectivity index (χ1) is 7.83. The predicted molar refractivity (Wildman–Crippen MR) is 62.3 cm³/mol. The van der Waals surface area contributed by atoms with Crippen molar-refractivity contribution in [2.24, 2.45) is 0 Å². The minimum absolute atomic E-state index is 0.337. The maximum atomic E-state index is 5.64. The lowest BCUT2D eigenvalue weighted by atomic mass is 10.2. The third kappa shape index (κ3) is 2.44. The number of nitrogens with zero attached hydrogens (tertiary/aromatic N) is 2. The molecule has 0 unspecified atom stereocenters. The minimum Gasteiger partial charge on any atom is -0.359 e. The van der Waals surface area contributed by atoms with Gasteiger partial charge in [-0.2, -0.15) is 0 Å². The molecule has 0 radical (unpaired) electrons. The molecule has 1 N–H and O–H groups in total. The van der Waals surface area contributed by atoms with Gasteiger partial charge in [0.1, 0.15) is 11.5 Å². The van der Waals surface area contributed by atoms with E-state index in [1.54, 1.807) is 6.20 Å². The van der Waals surface area contributed by atoms with Crippen LogP contribution < -0.4 is 0 Å². The number of H-pyrrole nitrogens is 1. The molecule has 2 aromatic heterocycles. The number of hydrogen-bond donors (Lipinski definition) is 1. The Balaban J connectivity index is 2.11. The first kappa shape index (κ1) is 11.2. The zero-order valence-corrected chi connectivity index (χ0v) is 9.92. The van der Waals surface area contributed by atoms with Crippen LogP contribution in [0.3, 0.4) is 0 Å². The summed E-state index contributed by atoms with van der Waals surface area (Å²) in [5.74, 6) is 2.00. The molecule has 0 aromatic carbocycles. The zero-order chi connectivity index (χ0) is 11.4. The number of unbranched alkanes of at least 4 members (excludes halogenated alkanes) is 1. The second-order valence-electron chi connectivity index (χ2n) is 3.66. The van der Waals surface area contributed by atoms with Gasteiger partial charge in [0.2, 0.25) is 0 Å². The van der Waals surface area contributed by atoms with Gasteiger partial charge in [-0.15, -0.1) is 11.6 Å². The van der Waals surface area contributed by atoms with E-state index in [0.29, 0.717) is 11.6 Å². The van der Waals surface area contributed by atoms with Crippen molar-refractivity contribution < 1.29 is 4.52 Å². The van der Waals surface area contributed by atoms with Crippen LogP contribution in [0.15, 0.2) is 16.8 Å². The fourth-order valence-corrected chi connectivity index (χ4v) is 1.59. The standard InChI is InChI=1S/C11H14ClN3O/c1-2-3-4-11-13-7-10(14-11)9-5-8(6-12)16-15-9/h5,7H,2-4,6H2,1H3,(H,13,14). The average Bonchev–Trinajstić information content (AvgIpc) is 2.94. The molecule has 0 atom stereocenters. The summed E-state index contributed by atoms with van der Waals surface area (Å²) in [5, 5.41) is 3.92. The fourth-order valence-electron chi connectivity index (χ4n) is 1.47. The first-order valence-electron chi connectivity index (χ1n) is 5.39. The van der Waals surface area contributed by atoms with Crippen LogP contribution >= 0.6 is 11.6 Å². The van der Waals surface area contributed by atoms with Gasteiger partial charge in [0.05, 0.1) is 17.8 Å². The number of aryl methyl sites for hydroxylation is 1. The lowest BCUT2D eigenvalue weighted by Crippen LogP contribution is -1.87. The summed E-state index contributed by atoms with van der Waals surface area (Å²) >= 11 is 5.64. The predicted octanol–water partition coefficient (Wildman–Crippen LogP) is 3.15. The molecule has 86 valence electrons. The number of halogens is 1. The highest BCUT2D eigenvalue weighted by Crippen LogP contribution is 2.18. The molecule has 0 aliphatic heterocycles. The molecule has 2 heterocycles. The monoisotopic (exact) mass is 239 g/mol. The molecule has 0 aliphatic rings. The quantitative estimate of drug-likeness (QED) is 0.816. The fraction of sp³-hybridized carbons (Fsp3) is 0.455. The molecule has 16 heavy (non-hydrogen) atoms. The molecule has 0 saturated carbocycles. The molecule has 5 heteroatoms. The van der Waals surface area contributed by atoms with Crippen LogP contribution in [0.5, 0.6) is 0 Å². The number of alkyl halides is 1. The van der Waals surface area contributed by atoms with Gasteiger partial charge in [0, 0.05) is 12.5 Å². The number of rotatable bonds is 5. The van der Waals surface area contributed by atoms with E-state index in [-0.39, 0.29) is 0 Å². The molecule has 4 nitrogen and oxygen atoms in total. The lowest BCUT2D eigenvalue weighted by Gasteiger charge is -1.92. The minimum atomic E-state index is 0.337. The van der Waals surface area contributed by atoms with Crippen LogP contribution in [-0.2, 0) is 12.3 Å². The number of aromatic amines is 1. The van der Waals surface area contributed by atoms with Crippen LogP contribution in [-0.4, -0.2) is 15.1 Å². The van der Waals surface area contributed by atoms with Gasteiger partial charge in [-0.25, -0.2) is 4.98 Å². The van der Waals surface area contributed by atoms with E-state index in [9.17, 15) is 0 Å². The Kier molecular flexibility index (Phi) is 3.62. The number of hydrogen-bond acceptors (Lipinski definition) is 3. The third-order valence-electron chi connectivity index (χ3n) is 2.36. The molecular weight excluding hydrogens is 226 g/mol. The van der Waals surface area contributed by atoms with Crippen molar-refractivity contribution in [2.45, 2.75) is 32.1 Å². The van der Waals surface area contributed by atoms with Gasteiger partial charge in [-0.1, -0.05) is 18.5 Å². The summed E-state index contributed by atoms with van der Waals surface area (Å²) in [6.07, 6.45) is 5.05. The molecule has 0 fully saturated rings. The second kappa shape index (κ2) is 5.16. The van der Waals surface area contributed by atoms with Crippen molar-refractivity contribution in [1.82, 2.24) is 15.1 Å². The van der Waals surface area contributed by atoms with E-state index in [4.69, 9.17) is 16.1 Å². The van der Waals surface area contributed by atoms with Crippen LogP contribution in [0, 0.1) is 0 Å². The highest BCUT2D eigenvalue weighted by molar-refractivity contribution is 6.16. The summed E-state index contributed by atoms with van der Waals surface area (Å²) in [4.78, 5) is 7.52. The van der Waals surface area contributed by atoms with Gasteiger partial charge < -0.3 is 9.51 Å². The van der Waals surface area contributed by atoms with Crippen molar-refractivity contribution in [2.75, 3.05) is 0 Å². The van der Waals surface area contributed by atoms with Crippen LogP contribution in [0.1, 0.15) is 31.4 Å². The topological polar surface area (TPSA) is 54.7 Å². The largest absolute Gasteiger partial charge is 0.359 e. The van der Waals surface area contributed by atoms with Gasteiger partial charge >= 0.3 is 0 Å². The van der Waals surface area contributed by atoms with Crippen molar-refractivity contribution in [1.29, 1.82) is 0 Å². The zero-order valence-electron chi connectivity index (χ0n) is 9.16. The molecule has 0 bridgehead atoms. The van der Waals surface area contributed by atoms with Gasteiger partial charge in [0.15, 0.2) is 5.76 Å².